The Morgan fingerprint density at radius 1 is 1.43 bits per heavy atom. The number of aliphatic carboxylic acids is 1. The number of carbonyl (C=O) groups is 1. The van der Waals surface area contributed by atoms with Gasteiger partial charge in [-0.15, -0.1) is 0 Å². The van der Waals surface area contributed by atoms with Crippen LogP contribution in [0.4, 0.5) is 0 Å². The summed E-state index contributed by atoms with van der Waals surface area (Å²) in [4.78, 5) is 10.9. The smallest absolute Gasteiger partial charge is 0.309 e. The Balaban J connectivity index is -0.000000605. The number of carboxylic acid groups (broad SMARTS) is 1. The molecule has 0 aliphatic carbocycles. The SMILES string of the molecule is CCC(C)(CCC(C)C)C(=O)O.[B].[Zr]. The third kappa shape index (κ3) is 6.81. The first-order valence-corrected chi connectivity index (χ1v) is 4.65. The zero-order valence-corrected chi connectivity index (χ0v) is 12.1. The predicted molar refractivity (Wildman–Crippen MR) is 55.9 cm³/mol. The second kappa shape index (κ2) is 8.70. The maximum Gasteiger partial charge on any atom is 0.309 e. The predicted octanol–water partition coefficient (Wildman–Crippen LogP) is 2.54. The van der Waals surface area contributed by atoms with Crippen molar-refractivity contribution in [1.29, 1.82) is 0 Å². The van der Waals surface area contributed by atoms with Crippen LogP contribution < -0.4 is 0 Å². The van der Waals surface area contributed by atoms with E-state index in [-0.39, 0.29) is 34.6 Å². The van der Waals surface area contributed by atoms with Crippen LogP contribution in [0.15, 0.2) is 0 Å². The molecule has 79 valence electrons. The van der Waals surface area contributed by atoms with Crippen LogP contribution in [0.3, 0.4) is 0 Å². The quantitative estimate of drug-likeness (QED) is 0.782. The fourth-order valence-corrected chi connectivity index (χ4v) is 1.04. The molecule has 0 amide bonds. The molecule has 3 radical (unpaired) electrons. The van der Waals surface area contributed by atoms with Crippen LogP contribution in [0, 0.1) is 11.3 Å². The van der Waals surface area contributed by atoms with Crippen LogP contribution in [0.5, 0.6) is 0 Å². The van der Waals surface area contributed by atoms with Gasteiger partial charge in [0.2, 0.25) is 0 Å². The average Bonchev–Trinajstić information content (AvgIpc) is 1.99. The molecule has 0 heterocycles. The Morgan fingerprint density at radius 3 is 2.07 bits per heavy atom. The van der Waals surface area contributed by atoms with Crippen molar-refractivity contribution in [3.63, 3.8) is 0 Å². The largest absolute Gasteiger partial charge is 0.481 e. The zero-order chi connectivity index (χ0) is 9.78. The van der Waals surface area contributed by atoms with Crippen molar-refractivity contribution in [3.05, 3.63) is 0 Å². The van der Waals surface area contributed by atoms with Crippen molar-refractivity contribution in [1.82, 2.24) is 0 Å². The summed E-state index contributed by atoms with van der Waals surface area (Å²) in [5, 5.41) is 8.95. The summed E-state index contributed by atoms with van der Waals surface area (Å²) < 4.78 is 0. The number of rotatable bonds is 5. The first-order chi connectivity index (χ1) is 5.42. The van der Waals surface area contributed by atoms with Gasteiger partial charge in [0, 0.05) is 34.6 Å². The molecule has 1 N–H and O–H groups in total. The van der Waals surface area contributed by atoms with Crippen LogP contribution in [0.1, 0.15) is 47.0 Å². The maximum absolute atomic E-state index is 10.9. The maximum atomic E-state index is 10.9. The summed E-state index contributed by atoms with van der Waals surface area (Å²) in [6.07, 6.45) is 2.50. The van der Waals surface area contributed by atoms with Crippen LogP contribution in [0.2, 0.25) is 0 Å². The first kappa shape index (κ1) is 19.9. The molecule has 0 aromatic rings. The Hall–Kier alpha value is 0.418. The minimum absolute atomic E-state index is 0. The van der Waals surface area contributed by atoms with Gasteiger partial charge in [0.25, 0.3) is 0 Å². The van der Waals surface area contributed by atoms with E-state index in [4.69, 9.17) is 5.11 Å². The van der Waals surface area contributed by atoms with E-state index < -0.39 is 11.4 Å². The van der Waals surface area contributed by atoms with Gasteiger partial charge in [-0.1, -0.05) is 20.8 Å². The van der Waals surface area contributed by atoms with Gasteiger partial charge in [-0.2, -0.15) is 0 Å². The Bertz CT molecular complexity index is 162. The third-order valence-electron chi connectivity index (χ3n) is 2.57. The molecule has 1 atom stereocenters. The molecular weight excluding hydrogens is 254 g/mol. The standard InChI is InChI=1S/C10H20O2.B.Zr/c1-5-10(4,9(11)12)7-6-8(2)3;;/h8H,5-7H2,1-4H3,(H,11,12);;. The van der Waals surface area contributed by atoms with E-state index >= 15 is 0 Å². The van der Waals surface area contributed by atoms with Crippen molar-refractivity contribution >= 4 is 14.4 Å². The normalized spacial score (nSPS) is 13.8. The first-order valence-electron chi connectivity index (χ1n) is 4.65. The van der Waals surface area contributed by atoms with Gasteiger partial charge in [-0.05, 0) is 32.1 Å². The summed E-state index contributed by atoms with van der Waals surface area (Å²) in [6.45, 7) is 8.02. The monoisotopic (exact) mass is 273 g/mol. The Morgan fingerprint density at radius 2 is 1.86 bits per heavy atom. The van der Waals surface area contributed by atoms with E-state index in [2.05, 4.69) is 13.8 Å². The van der Waals surface area contributed by atoms with E-state index in [9.17, 15) is 4.79 Å². The molecule has 14 heavy (non-hydrogen) atoms. The van der Waals surface area contributed by atoms with Gasteiger partial charge in [0.1, 0.15) is 0 Å². The molecule has 0 spiro atoms. The van der Waals surface area contributed by atoms with E-state index in [1.165, 1.54) is 0 Å². The van der Waals surface area contributed by atoms with E-state index in [0.717, 1.165) is 19.3 Å². The van der Waals surface area contributed by atoms with Crippen molar-refractivity contribution < 1.29 is 36.1 Å². The van der Waals surface area contributed by atoms with Crippen molar-refractivity contribution in [2.45, 2.75) is 47.0 Å². The molecule has 0 fully saturated rings. The van der Waals surface area contributed by atoms with Gasteiger partial charge in [0.15, 0.2) is 0 Å². The topological polar surface area (TPSA) is 37.3 Å². The molecule has 0 aliphatic heterocycles. The molecule has 0 bridgehead atoms. The zero-order valence-electron chi connectivity index (χ0n) is 9.63. The fourth-order valence-electron chi connectivity index (χ4n) is 1.04. The Kier molecular flexibility index (Phi) is 12.4. The average molecular weight is 274 g/mol. The second-order valence-corrected chi connectivity index (χ2v) is 4.15. The van der Waals surface area contributed by atoms with Crippen molar-refractivity contribution in [2.24, 2.45) is 11.3 Å². The van der Waals surface area contributed by atoms with Crippen molar-refractivity contribution in [2.75, 3.05) is 0 Å². The molecule has 0 aromatic carbocycles. The molecule has 0 aromatic heterocycles. The third-order valence-corrected chi connectivity index (χ3v) is 2.57. The summed E-state index contributed by atoms with van der Waals surface area (Å²) in [6, 6.07) is 0. The molecule has 2 nitrogen and oxygen atoms in total. The second-order valence-electron chi connectivity index (χ2n) is 4.15. The van der Waals surface area contributed by atoms with E-state index in [1.807, 2.05) is 13.8 Å². The number of hydrogen-bond acceptors (Lipinski definition) is 1. The van der Waals surface area contributed by atoms with Crippen molar-refractivity contribution in [3.8, 4) is 0 Å². The molecular formula is C10H20BO2Zr. The van der Waals surface area contributed by atoms with Gasteiger partial charge in [-0.3, -0.25) is 4.79 Å². The fraction of sp³-hybridized carbons (Fsp3) is 0.900. The molecule has 1 unspecified atom stereocenters. The number of hydrogen-bond donors (Lipinski definition) is 1. The van der Waals surface area contributed by atoms with Crippen LogP contribution in [-0.4, -0.2) is 19.5 Å². The molecule has 0 saturated carbocycles. The minimum Gasteiger partial charge on any atom is -0.481 e. The molecule has 0 aliphatic rings. The Labute approximate surface area is 109 Å². The summed E-state index contributed by atoms with van der Waals surface area (Å²) in [5.41, 5.74) is -0.510. The van der Waals surface area contributed by atoms with E-state index in [0.29, 0.717) is 5.92 Å². The minimum atomic E-state index is -0.661. The van der Waals surface area contributed by atoms with Crippen LogP contribution >= 0.6 is 0 Å². The molecule has 4 heteroatoms. The van der Waals surface area contributed by atoms with E-state index in [1.54, 1.807) is 0 Å². The van der Waals surface area contributed by atoms with Gasteiger partial charge in [-0.25, -0.2) is 0 Å². The van der Waals surface area contributed by atoms with Crippen LogP contribution in [-0.2, 0) is 31.0 Å². The summed E-state index contributed by atoms with van der Waals surface area (Å²) >= 11 is 0. The summed E-state index contributed by atoms with van der Waals surface area (Å²) in [5.74, 6) is -0.0686. The van der Waals surface area contributed by atoms with Gasteiger partial charge >= 0.3 is 5.97 Å². The van der Waals surface area contributed by atoms with Gasteiger partial charge in [0.05, 0.1) is 5.41 Å². The number of carboxylic acids is 1. The van der Waals surface area contributed by atoms with Crippen LogP contribution in [0.25, 0.3) is 0 Å². The summed E-state index contributed by atoms with van der Waals surface area (Å²) in [7, 11) is 0. The van der Waals surface area contributed by atoms with Gasteiger partial charge < -0.3 is 5.11 Å². The molecule has 0 saturated heterocycles. The molecule has 0 rings (SSSR count).